The first-order chi connectivity index (χ1) is 14.0. The van der Waals surface area contributed by atoms with E-state index in [2.05, 4.69) is 10.3 Å². The maximum absolute atomic E-state index is 14.4. The number of nitrogens with one attached hydrogen (secondary N) is 1. The molecule has 0 aliphatic heterocycles. The predicted octanol–water partition coefficient (Wildman–Crippen LogP) is 5.29. The number of aromatic nitrogens is 1. The van der Waals surface area contributed by atoms with E-state index in [1.165, 1.54) is 0 Å². The van der Waals surface area contributed by atoms with Crippen molar-refractivity contribution in [2.45, 2.75) is 19.1 Å². The topological polar surface area (TPSA) is 54.5 Å². The summed E-state index contributed by atoms with van der Waals surface area (Å²) in [6, 6.07) is 21.3. The van der Waals surface area contributed by atoms with Crippen molar-refractivity contribution in [2.75, 3.05) is 30.9 Å². The summed E-state index contributed by atoms with van der Waals surface area (Å²) in [5.74, 6) is -0.546. The molecule has 1 aromatic heterocycles. The fourth-order valence-corrected chi connectivity index (χ4v) is 5.56. The van der Waals surface area contributed by atoms with E-state index in [9.17, 15) is 4.57 Å². The Bertz CT molecular complexity index is 931. The summed E-state index contributed by atoms with van der Waals surface area (Å²) in [5, 5.41) is 4.13. The first-order valence-corrected chi connectivity index (χ1v) is 11.5. The van der Waals surface area contributed by atoms with E-state index < -0.39 is 13.2 Å². The normalized spacial score (nSPS) is 14.0. The summed E-state index contributed by atoms with van der Waals surface area (Å²) < 4.78 is 20.5. The van der Waals surface area contributed by atoms with E-state index >= 15 is 0 Å². The van der Waals surface area contributed by atoms with Crippen LogP contribution < -0.4 is 15.5 Å². The third kappa shape index (κ3) is 5.06. The van der Waals surface area contributed by atoms with Crippen LogP contribution in [0.3, 0.4) is 0 Å². The fourth-order valence-electron chi connectivity index (χ4n) is 3.08. The molecule has 0 aliphatic rings. The van der Waals surface area contributed by atoms with E-state index in [1.807, 2.05) is 92.6 Å². The first-order valence-electron chi connectivity index (χ1n) is 9.78. The van der Waals surface area contributed by atoms with Gasteiger partial charge in [-0.1, -0.05) is 31.2 Å². The third-order valence-electron chi connectivity index (χ3n) is 4.63. The second-order valence-corrected chi connectivity index (χ2v) is 9.53. The molecular weight excluding hydrogens is 381 g/mol. The molecule has 0 amide bonds. The largest absolute Gasteiger partial charge is 0.378 e. The maximum Gasteiger partial charge on any atom is 0.258 e. The Morgan fingerprint density at radius 1 is 1.03 bits per heavy atom. The van der Waals surface area contributed by atoms with Crippen molar-refractivity contribution in [3.05, 3.63) is 84.7 Å². The Kier molecular flexibility index (Phi) is 7.08. The van der Waals surface area contributed by atoms with Gasteiger partial charge in [0.15, 0.2) is 0 Å². The highest BCUT2D eigenvalue weighted by Gasteiger charge is 2.38. The highest BCUT2D eigenvalue weighted by atomic mass is 31.2. The van der Waals surface area contributed by atoms with Crippen LogP contribution in [-0.2, 0) is 9.09 Å². The van der Waals surface area contributed by atoms with Crippen molar-refractivity contribution in [2.24, 2.45) is 0 Å². The van der Waals surface area contributed by atoms with E-state index in [1.54, 1.807) is 12.4 Å². The van der Waals surface area contributed by atoms with Gasteiger partial charge in [0.25, 0.3) is 7.37 Å². The molecule has 2 unspecified atom stereocenters. The van der Waals surface area contributed by atoms with E-state index in [0.29, 0.717) is 11.9 Å². The van der Waals surface area contributed by atoms with Crippen molar-refractivity contribution >= 4 is 24.0 Å². The van der Waals surface area contributed by atoms with Gasteiger partial charge in [-0.2, -0.15) is 0 Å². The molecule has 3 aromatic rings. The quantitative estimate of drug-likeness (QED) is 0.487. The lowest BCUT2D eigenvalue weighted by atomic mass is 10.2. The summed E-state index contributed by atoms with van der Waals surface area (Å²) in [6.07, 6.45) is 4.24. The number of hydrogen-bond acceptors (Lipinski definition) is 5. The van der Waals surface area contributed by atoms with Gasteiger partial charge in [0.2, 0.25) is 0 Å². The number of hydrogen-bond donors (Lipinski definition) is 1. The predicted molar refractivity (Wildman–Crippen MR) is 121 cm³/mol. The number of pyridine rings is 1. The SMILES string of the molecule is CCCOP(=O)(c1ccc(N(C)C)cc1)C(Nc1ccccc1)c1cccnc1. The standard InChI is InChI=1S/C23H28N3O2P/c1-4-17-28-29(27,22-14-12-21(13-15-22)26(2)3)23(19-9-8-16-24-18-19)25-20-10-6-5-7-11-20/h5-16,18,23,25H,4,17H2,1-3H3. The zero-order valence-corrected chi connectivity index (χ0v) is 18.0. The minimum absolute atomic E-state index is 0.417. The molecule has 0 fully saturated rings. The third-order valence-corrected chi connectivity index (χ3v) is 7.32. The second-order valence-electron chi connectivity index (χ2n) is 7.04. The summed E-state index contributed by atoms with van der Waals surface area (Å²) in [5.41, 5.74) is 2.75. The molecule has 6 heteroatoms. The number of benzene rings is 2. The van der Waals surface area contributed by atoms with Gasteiger partial charge in [0.1, 0.15) is 5.78 Å². The van der Waals surface area contributed by atoms with Gasteiger partial charge in [-0.3, -0.25) is 9.55 Å². The smallest absolute Gasteiger partial charge is 0.258 e. The van der Waals surface area contributed by atoms with Crippen molar-refractivity contribution < 1.29 is 9.09 Å². The van der Waals surface area contributed by atoms with E-state index in [-0.39, 0.29) is 0 Å². The average molecular weight is 409 g/mol. The van der Waals surface area contributed by atoms with Gasteiger partial charge in [-0.05, 0) is 48.9 Å². The van der Waals surface area contributed by atoms with Crippen LogP contribution >= 0.6 is 7.37 Å². The molecule has 0 saturated carbocycles. The lowest BCUT2D eigenvalue weighted by Gasteiger charge is -2.30. The summed E-state index contributed by atoms with van der Waals surface area (Å²) >= 11 is 0. The van der Waals surface area contributed by atoms with Gasteiger partial charge in [-0.15, -0.1) is 0 Å². The van der Waals surface area contributed by atoms with Crippen LogP contribution in [0, 0.1) is 0 Å². The summed E-state index contributed by atoms with van der Waals surface area (Å²) in [6.45, 7) is 2.43. The average Bonchev–Trinajstić information content (AvgIpc) is 2.77. The van der Waals surface area contributed by atoms with Crippen LogP contribution in [0.25, 0.3) is 0 Å². The highest BCUT2D eigenvalue weighted by molar-refractivity contribution is 7.67. The van der Waals surface area contributed by atoms with Crippen LogP contribution in [0.1, 0.15) is 24.7 Å². The molecule has 0 bridgehead atoms. The maximum atomic E-state index is 14.4. The van der Waals surface area contributed by atoms with Crippen molar-refractivity contribution in [1.82, 2.24) is 4.98 Å². The van der Waals surface area contributed by atoms with Crippen LogP contribution in [0.5, 0.6) is 0 Å². The Morgan fingerprint density at radius 2 is 1.76 bits per heavy atom. The minimum Gasteiger partial charge on any atom is -0.378 e. The van der Waals surface area contributed by atoms with Gasteiger partial charge in [0, 0.05) is 48.7 Å². The molecule has 2 atom stereocenters. The Balaban J connectivity index is 2.08. The number of para-hydroxylation sites is 1. The van der Waals surface area contributed by atoms with Gasteiger partial charge < -0.3 is 14.7 Å². The van der Waals surface area contributed by atoms with Gasteiger partial charge in [-0.25, -0.2) is 0 Å². The number of anilines is 2. The lowest BCUT2D eigenvalue weighted by molar-refractivity contribution is 0.315. The molecule has 1 N–H and O–H groups in total. The molecule has 0 saturated heterocycles. The van der Waals surface area contributed by atoms with Crippen molar-refractivity contribution in [1.29, 1.82) is 0 Å². The zero-order chi connectivity index (χ0) is 20.7. The van der Waals surface area contributed by atoms with E-state index in [0.717, 1.165) is 23.4 Å². The van der Waals surface area contributed by atoms with Gasteiger partial charge >= 0.3 is 0 Å². The van der Waals surface area contributed by atoms with Gasteiger partial charge in [0.05, 0.1) is 6.61 Å². The molecule has 0 radical (unpaired) electrons. The molecule has 29 heavy (non-hydrogen) atoms. The molecule has 152 valence electrons. The highest BCUT2D eigenvalue weighted by Crippen LogP contribution is 2.59. The first kappa shape index (κ1) is 21.1. The summed E-state index contributed by atoms with van der Waals surface area (Å²) in [4.78, 5) is 6.26. The molecular formula is C23H28N3O2P. The van der Waals surface area contributed by atoms with Crippen LogP contribution in [0.4, 0.5) is 11.4 Å². The number of nitrogens with zero attached hydrogens (tertiary/aromatic N) is 2. The van der Waals surface area contributed by atoms with Crippen molar-refractivity contribution in [3.8, 4) is 0 Å². The lowest BCUT2D eigenvalue weighted by Crippen LogP contribution is -2.21. The Hall–Kier alpha value is -2.62. The zero-order valence-electron chi connectivity index (χ0n) is 17.2. The van der Waals surface area contributed by atoms with Crippen LogP contribution in [-0.4, -0.2) is 25.7 Å². The minimum atomic E-state index is -3.31. The molecule has 3 rings (SSSR count). The fraction of sp³-hybridized carbons (Fsp3) is 0.261. The number of rotatable bonds is 9. The Labute approximate surface area is 173 Å². The Morgan fingerprint density at radius 3 is 2.34 bits per heavy atom. The molecule has 5 nitrogen and oxygen atoms in total. The summed E-state index contributed by atoms with van der Waals surface area (Å²) in [7, 11) is 0.662. The second kappa shape index (κ2) is 9.73. The molecule has 1 heterocycles. The van der Waals surface area contributed by atoms with E-state index in [4.69, 9.17) is 4.52 Å². The van der Waals surface area contributed by atoms with Crippen molar-refractivity contribution in [3.63, 3.8) is 0 Å². The molecule has 0 aliphatic carbocycles. The van der Waals surface area contributed by atoms with Crippen LogP contribution in [0.15, 0.2) is 79.1 Å². The monoisotopic (exact) mass is 409 g/mol. The molecule has 0 spiro atoms. The van der Waals surface area contributed by atoms with Crippen LogP contribution in [0.2, 0.25) is 0 Å². The molecule has 2 aromatic carbocycles.